The average molecular weight is 1080 g/mol. The number of hydrogen-bond donors (Lipinski definition) is 0. The molecule has 0 saturated carbocycles. The summed E-state index contributed by atoms with van der Waals surface area (Å²) < 4.78 is 8.88. The molecule has 4 heterocycles. The number of rotatable bonds is 6. The molecule has 0 aliphatic carbocycles. The van der Waals surface area contributed by atoms with Crippen molar-refractivity contribution in [2.24, 2.45) is 0 Å². The zero-order valence-electron chi connectivity index (χ0n) is 48.7. The minimum absolute atomic E-state index is 0. The van der Waals surface area contributed by atoms with Crippen LogP contribution in [0.2, 0.25) is 0 Å². The van der Waals surface area contributed by atoms with E-state index in [2.05, 4.69) is 276 Å². The second-order valence-corrected chi connectivity index (χ2v) is 20.4. The number of nitrogens with zero attached hydrogens (tertiary/aromatic N) is 4. The van der Waals surface area contributed by atoms with E-state index in [0.717, 1.165) is 0 Å². The monoisotopic (exact) mass is 1080 g/mol. The van der Waals surface area contributed by atoms with Crippen molar-refractivity contribution in [3.05, 3.63) is 217 Å². The van der Waals surface area contributed by atoms with Crippen LogP contribution in [0.1, 0.15) is 85.8 Å². The molecule has 0 amide bonds. The molecule has 4 heteroatoms. The molecule has 83 heavy (non-hydrogen) atoms. The molecule has 0 aliphatic rings. The summed E-state index contributed by atoms with van der Waals surface area (Å²) in [5, 5.41) is 15.2. The number of fused-ring (bicyclic) bond motifs is 14. The van der Waals surface area contributed by atoms with Crippen molar-refractivity contribution in [1.29, 1.82) is 0 Å². The van der Waals surface area contributed by atoms with E-state index in [1.54, 1.807) is 0 Å². The minimum Gasteiger partial charge on any atom is -0.329 e. The number of benzene rings is 10. The smallest absolute Gasteiger partial charge is 0.0841 e. The summed E-state index contributed by atoms with van der Waals surface area (Å²) in [5.41, 5.74) is 12.2. The Morgan fingerprint density at radius 3 is 0.735 bits per heavy atom. The van der Waals surface area contributed by atoms with Crippen LogP contribution in [0.5, 0.6) is 0 Å². The SMILES string of the molecule is C.C#CCn1c2ccccc2c2cc3c(cc21)c1ccccc1n3CC#C.C#CCn1c2ccccc2c2cc3c(cc21)c1ccccc1n3CC#C.CC.CC.CC(C)c1cccc2ccccc12.CC(C)c1cccc2ccccc12. The Morgan fingerprint density at radius 2 is 0.494 bits per heavy atom. The first-order valence-corrected chi connectivity index (χ1v) is 28.8. The largest absolute Gasteiger partial charge is 0.329 e. The highest BCUT2D eigenvalue weighted by molar-refractivity contribution is 6.19. The van der Waals surface area contributed by atoms with Gasteiger partial charge in [0.25, 0.3) is 0 Å². The molecule has 0 N–H and O–H groups in total. The van der Waals surface area contributed by atoms with Crippen molar-refractivity contribution in [2.45, 2.75) is 101 Å². The van der Waals surface area contributed by atoms with Crippen molar-refractivity contribution >= 4 is 109 Å². The molecule has 0 unspecified atom stereocenters. The number of terminal acetylenes is 4. The van der Waals surface area contributed by atoms with Gasteiger partial charge in [-0.1, -0.05) is 244 Å². The van der Waals surface area contributed by atoms with E-state index in [-0.39, 0.29) is 7.43 Å². The summed E-state index contributed by atoms with van der Waals surface area (Å²) >= 11 is 0. The van der Waals surface area contributed by atoms with Gasteiger partial charge in [-0.15, -0.1) is 25.7 Å². The molecule has 14 aromatic rings. The topological polar surface area (TPSA) is 19.7 Å². The van der Waals surface area contributed by atoms with Crippen LogP contribution in [0.3, 0.4) is 0 Å². The first-order valence-electron chi connectivity index (χ1n) is 28.8. The molecule has 0 bridgehead atoms. The maximum absolute atomic E-state index is 5.65. The minimum atomic E-state index is 0. The van der Waals surface area contributed by atoms with Gasteiger partial charge in [-0.05, 0) is 93.0 Å². The summed E-state index contributed by atoms with van der Waals surface area (Å²) in [5.74, 6) is 12.4. The van der Waals surface area contributed by atoms with Gasteiger partial charge in [0.1, 0.15) is 0 Å². The summed E-state index contributed by atoms with van der Waals surface area (Å²) in [6.45, 7) is 19.2. The maximum atomic E-state index is 5.65. The Hall–Kier alpha value is -9.84. The molecular formula is C79H76N4. The van der Waals surface area contributed by atoms with Crippen LogP contribution in [-0.4, -0.2) is 18.3 Å². The van der Waals surface area contributed by atoms with Gasteiger partial charge in [-0.2, -0.15) is 0 Å². The van der Waals surface area contributed by atoms with E-state index >= 15 is 0 Å². The third-order valence-electron chi connectivity index (χ3n) is 15.2. The average Bonchev–Trinajstić information content (AvgIpc) is 4.32. The van der Waals surface area contributed by atoms with Crippen LogP contribution in [0.15, 0.2) is 206 Å². The Bertz CT molecular complexity index is 4210. The molecule has 0 fully saturated rings. The zero-order chi connectivity index (χ0) is 57.9. The number of para-hydroxylation sites is 4. The fourth-order valence-corrected chi connectivity index (χ4v) is 11.7. The number of aromatic nitrogens is 4. The third kappa shape index (κ3) is 11.4. The molecule has 4 aromatic heterocycles. The normalized spacial score (nSPS) is 10.7. The van der Waals surface area contributed by atoms with Gasteiger partial charge in [0.2, 0.25) is 0 Å². The lowest BCUT2D eigenvalue weighted by molar-refractivity contribution is 0.876. The Kier molecular flexibility index (Phi) is 19.3. The van der Waals surface area contributed by atoms with Gasteiger partial charge in [-0.3, -0.25) is 0 Å². The highest BCUT2D eigenvalue weighted by atomic mass is 15.0. The second-order valence-electron chi connectivity index (χ2n) is 20.4. The van der Waals surface area contributed by atoms with Crippen molar-refractivity contribution < 1.29 is 0 Å². The van der Waals surface area contributed by atoms with Crippen LogP contribution >= 0.6 is 0 Å². The predicted octanol–water partition coefficient (Wildman–Crippen LogP) is 21.0. The number of hydrogen-bond acceptors (Lipinski definition) is 0. The predicted molar refractivity (Wildman–Crippen MR) is 366 cm³/mol. The van der Waals surface area contributed by atoms with Crippen molar-refractivity contribution in [2.75, 3.05) is 0 Å². The highest BCUT2D eigenvalue weighted by Crippen LogP contribution is 2.39. The lowest BCUT2D eigenvalue weighted by atomic mass is 9.96. The van der Waals surface area contributed by atoms with E-state index < -0.39 is 0 Å². The molecule has 0 atom stereocenters. The molecule has 0 spiro atoms. The summed E-state index contributed by atoms with van der Waals surface area (Å²) in [7, 11) is 0. The lowest BCUT2D eigenvalue weighted by Gasteiger charge is -2.08. The van der Waals surface area contributed by atoms with E-state index in [4.69, 9.17) is 25.7 Å². The van der Waals surface area contributed by atoms with Gasteiger partial charge >= 0.3 is 0 Å². The van der Waals surface area contributed by atoms with Crippen LogP contribution in [0, 0.1) is 49.4 Å². The first-order chi connectivity index (χ1) is 40.2. The van der Waals surface area contributed by atoms with Crippen LogP contribution in [-0.2, 0) is 26.2 Å². The van der Waals surface area contributed by atoms with Crippen LogP contribution in [0.25, 0.3) is 109 Å². The third-order valence-corrected chi connectivity index (χ3v) is 15.2. The molecule has 10 aromatic carbocycles. The first kappa shape index (κ1) is 59.3. The van der Waals surface area contributed by atoms with Crippen molar-refractivity contribution in [3.8, 4) is 49.4 Å². The molecule has 0 aliphatic heterocycles. The fraction of sp³-hybridized carbons (Fsp3) is 0.190. The zero-order valence-corrected chi connectivity index (χ0v) is 48.7. The fourth-order valence-electron chi connectivity index (χ4n) is 11.7. The van der Waals surface area contributed by atoms with Gasteiger partial charge in [0.15, 0.2) is 0 Å². The molecule has 412 valence electrons. The Morgan fingerprint density at radius 1 is 0.277 bits per heavy atom. The lowest BCUT2D eigenvalue weighted by Crippen LogP contribution is -1.95. The Balaban J connectivity index is 0.000000148. The molecule has 14 rings (SSSR count). The summed E-state index contributed by atoms with van der Waals surface area (Å²) in [4.78, 5) is 0. The van der Waals surface area contributed by atoms with Gasteiger partial charge in [0.05, 0.1) is 48.2 Å². The molecular weight excluding hydrogens is 1000 g/mol. The van der Waals surface area contributed by atoms with Crippen LogP contribution in [0.4, 0.5) is 0 Å². The standard InChI is InChI=1S/2C24H16N2.2C13H14.2C2H6.CH4/c2*1-3-13-25-21-11-7-5-9-17(21)19-16-24-20(15-23(19)25)18-10-6-8-12-22(18)26(24)14-4-2;2*1-10(2)12-9-5-7-11-6-3-4-8-13(11)12;2*1-2;/h2*1-2,5-12,15-16H,13-14H2;2*3-10H,1-2H3;2*1-2H3;1H4. The van der Waals surface area contributed by atoms with Crippen LogP contribution < -0.4 is 0 Å². The van der Waals surface area contributed by atoms with Crippen molar-refractivity contribution in [1.82, 2.24) is 18.3 Å². The second kappa shape index (κ2) is 27.1. The maximum Gasteiger partial charge on any atom is 0.0841 e. The quantitative estimate of drug-likeness (QED) is 0.148. The van der Waals surface area contributed by atoms with Gasteiger partial charge in [-0.25, -0.2) is 0 Å². The van der Waals surface area contributed by atoms with Gasteiger partial charge in [0, 0.05) is 65.2 Å². The molecule has 0 saturated heterocycles. The van der Waals surface area contributed by atoms with E-state index in [9.17, 15) is 0 Å². The summed E-state index contributed by atoms with van der Waals surface area (Å²) in [6.07, 6.45) is 22.6. The van der Waals surface area contributed by atoms with E-state index in [1.807, 2.05) is 27.7 Å². The molecule has 0 radical (unpaired) electrons. The van der Waals surface area contributed by atoms with E-state index in [0.29, 0.717) is 38.0 Å². The highest BCUT2D eigenvalue weighted by Gasteiger charge is 2.18. The van der Waals surface area contributed by atoms with Crippen molar-refractivity contribution in [3.63, 3.8) is 0 Å². The Labute approximate surface area is 492 Å². The van der Waals surface area contributed by atoms with E-state index in [1.165, 1.54) is 120 Å². The molecule has 4 nitrogen and oxygen atoms in total. The summed E-state index contributed by atoms with van der Waals surface area (Å²) in [6, 6.07) is 72.9. The van der Waals surface area contributed by atoms with Gasteiger partial charge < -0.3 is 18.3 Å².